The monoisotopic (exact) mass is 283 g/mol. The van der Waals surface area contributed by atoms with E-state index in [1.54, 1.807) is 0 Å². The molecule has 0 aliphatic heterocycles. The number of benzene rings is 1. The van der Waals surface area contributed by atoms with Gasteiger partial charge in [0.2, 0.25) is 0 Å². The summed E-state index contributed by atoms with van der Waals surface area (Å²) in [4.78, 5) is 5.36. The third-order valence-corrected chi connectivity index (χ3v) is 3.72. The molecule has 0 fully saturated rings. The van der Waals surface area contributed by atoms with Crippen LogP contribution >= 0.6 is 0 Å². The number of aryl methyl sites for hydroxylation is 1. The van der Waals surface area contributed by atoms with Gasteiger partial charge in [0.25, 0.3) is 0 Å². The topological polar surface area (TPSA) is 39.4 Å². The fraction of sp³-hybridized carbons (Fsp3) is 0.412. The van der Waals surface area contributed by atoms with Gasteiger partial charge in [-0.15, -0.1) is 0 Å². The van der Waals surface area contributed by atoms with Gasteiger partial charge in [-0.2, -0.15) is 5.10 Å². The maximum atomic E-state index is 5.36. The van der Waals surface area contributed by atoms with Crippen LogP contribution in [0.4, 0.5) is 0 Å². The number of nitrogens with zero attached hydrogens (tertiary/aromatic N) is 3. The van der Waals surface area contributed by atoms with Gasteiger partial charge in [-0.25, -0.2) is 0 Å². The number of aromatic nitrogens is 2. The van der Waals surface area contributed by atoms with E-state index in [4.69, 9.17) is 9.94 Å². The van der Waals surface area contributed by atoms with Crippen LogP contribution in [0.25, 0.3) is 11.3 Å². The highest BCUT2D eigenvalue weighted by molar-refractivity contribution is 6.24. The van der Waals surface area contributed by atoms with Crippen LogP contribution in [0.1, 0.15) is 44.5 Å². The van der Waals surface area contributed by atoms with Gasteiger partial charge in [0.1, 0.15) is 12.3 Å². The molecule has 0 unspecified atom stereocenters. The molecule has 1 aliphatic carbocycles. The van der Waals surface area contributed by atoms with Crippen LogP contribution in [0.15, 0.2) is 29.4 Å². The van der Waals surface area contributed by atoms with E-state index in [2.05, 4.69) is 44.1 Å². The van der Waals surface area contributed by atoms with Crippen molar-refractivity contribution < 1.29 is 4.84 Å². The molecule has 2 aromatic rings. The summed E-state index contributed by atoms with van der Waals surface area (Å²) in [6.45, 7) is 9.04. The number of hydrogen-bond acceptors (Lipinski definition) is 3. The highest BCUT2D eigenvalue weighted by atomic mass is 16.6. The molecule has 0 atom stereocenters. The van der Waals surface area contributed by atoms with E-state index >= 15 is 0 Å². The lowest BCUT2D eigenvalue weighted by Gasteiger charge is -2.17. The van der Waals surface area contributed by atoms with Gasteiger partial charge in [-0.3, -0.25) is 4.68 Å². The zero-order chi connectivity index (χ0) is 15.2. The average molecular weight is 283 g/mol. The van der Waals surface area contributed by atoms with E-state index in [1.165, 1.54) is 5.56 Å². The first-order valence-corrected chi connectivity index (χ1v) is 7.32. The van der Waals surface area contributed by atoms with Crippen molar-refractivity contribution in [2.75, 3.05) is 6.61 Å². The Labute approximate surface area is 125 Å². The number of rotatable bonds is 2. The minimum Gasteiger partial charge on any atom is -0.396 e. The molecule has 0 spiro atoms. The molecular weight excluding hydrogens is 262 g/mol. The third kappa shape index (κ3) is 2.06. The maximum absolute atomic E-state index is 5.36. The Morgan fingerprint density at radius 1 is 1.19 bits per heavy atom. The summed E-state index contributed by atoms with van der Waals surface area (Å²) in [5.41, 5.74) is 6.47. The standard InChI is InChI=1S/C17H21N3O/c1-6-21-19-14-11-9-7-8-10-12(11)15-13(14)16(17(2,3)4)18-20(15)5/h7-10H,6H2,1-5H3. The Balaban J connectivity index is 2.32. The minimum atomic E-state index is -0.0413. The van der Waals surface area contributed by atoms with Crippen LogP contribution in [-0.4, -0.2) is 22.1 Å². The molecule has 110 valence electrons. The summed E-state index contributed by atoms with van der Waals surface area (Å²) in [6.07, 6.45) is 0. The summed E-state index contributed by atoms with van der Waals surface area (Å²) in [5.74, 6) is 0. The van der Waals surface area contributed by atoms with Gasteiger partial charge in [0.15, 0.2) is 0 Å². The molecule has 1 aromatic carbocycles. The van der Waals surface area contributed by atoms with Crippen LogP contribution in [0, 0.1) is 0 Å². The Morgan fingerprint density at radius 2 is 1.86 bits per heavy atom. The van der Waals surface area contributed by atoms with E-state index < -0.39 is 0 Å². The van der Waals surface area contributed by atoms with E-state index in [9.17, 15) is 0 Å². The zero-order valence-corrected chi connectivity index (χ0v) is 13.3. The molecule has 1 aromatic heterocycles. The Kier molecular flexibility index (Phi) is 3.12. The third-order valence-electron chi connectivity index (χ3n) is 3.72. The van der Waals surface area contributed by atoms with E-state index in [1.807, 2.05) is 24.7 Å². The van der Waals surface area contributed by atoms with E-state index in [0.29, 0.717) is 6.61 Å². The largest absolute Gasteiger partial charge is 0.396 e. The Hall–Kier alpha value is -2.10. The van der Waals surface area contributed by atoms with Crippen LogP contribution in [0.2, 0.25) is 0 Å². The normalized spacial score (nSPS) is 15.2. The Morgan fingerprint density at radius 3 is 2.48 bits per heavy atom. The first-order chi connectivity index (χ1) is 9.95. The van der Waals surface area contributed by atoms with Gasteiger partial charge in [0.05, 0.1) is 17.0 Å². The lowest BCUT2D eigenvalue weighted by molar-refractivity contribution is 0.159. The van der Waals surface area contributed by atoms with Crippen molar-refractivity contribution in [3.8, 4) is 11.3 Å². The molecule has 4 heteroatoms. The summed E-state index contributed by atoms with van der Waals surface area (Å²) in [6, 6.07) is 8.31. The summed E-state index contributed by atoms with van der Waals surface area (Å²) < 4.78 is 1.96. The van der Waals surface area contributed by atoms with Crippen molar-refractivity contribution in [3.63, 3.8) is 0 Å². The second kappa shape index (κ2) is 4.72. The predicted octanol–water partition coefficient (Wildman–Crippen LogP) is 3.49. The SMILES string of the molecule is CCON=C1c2ccccc2-c2c1c(C(C)(C)C)nn2C. The molecular formula is C17H21N3O. The first-order valence-electron chi connectivity index (χ1n) is 7.32. The average Bonchev–Trinajstić information content (AvgIpc) is 2.93. The predicted molar refractivity (Wildman–Crippen MR) is 84.6 cm³/mol. The van der Waals surface area contributed by atoms with Crippen LogP contribution in [0.3, 0.4) is 0 Å². The van der Waals surface area contributed by atoms with Crippen molar-refractivity contribution >= 4 is 5.71 Å². The Bertz CT molecular complexity index is 720. The van der Waals surface area contributed by atoms with E-state index in [0.717, 1.165) is 28.2 Å². The molecule has 3 rings (SSSR count). The first kappa shape index (κ1) is 13.9. The fourth-order valence-corrected chi connectivity index (χ4v) is 2.84. The zero-order valence-electron chi connectivity index (χ0n) is 13.3. The van der Waals surface area contributed by atoms with Crippen LogP contribution in [0.5, 0.6) is 0 Å². The quantitative estimate of drug-likeness (QED) is 0.675. The second-order valence-corrected chi connectivity index (χ2v) is 6.35. The van der Waals surface area contributed by atoms with Crippen LogP contribution < -0.4 is 0 Å². The van der Waals surface area contributed by atoms with Crippen molar-refractivity contribution in [3.05, 3.63) is 41.1 Å². The second-order valence-electron chi connectivity index (χ2n) is 6.35. The van der Waals surface area contributed by atoms with Gasteiger partial charge in [0, 0.05) is 23.6 Å². The summed E-state index contributed by atoms with van der Waals surface area (Å²) in [5, 5.41) is 9.12. The number of hydrogen-bond donors (Lipinski definition) is 0. The molecule has 4 nitrogen and oxygen atoms in total. The molecule has 0 N–H and O–H groups in total. The molecule has 0 saturated heterocycles. The van der Waals surface area contributed by atoms with Crippen LogP contribution in [-0.2, 0) is 17.3 Å². The van der Waals surface area contributed by atoms with Gasteiger partial charge < -0.3 is 4.84 Å². The molecule has 0 amide bonds. The molecule has 1 heterocycles. The highest BCUT2D eigenvalue weighted by Crippen LogP contribution is 2.41. The highest BCUT2D eigenvalue weighted by Gasteiger charge is 2.36. The van der Waals surface area contributed by atoms with E-state index in [-0.39, 0.29) is 5.41 Å². The lowest BCUT2D eigenvalue weighted by Crippen LogP contribution is -2.17. The fourth-order valence-electron chi connectivity index (χ4n) is 2.84. The smallest absolute Gasteiger partial charge is 0.122 e. The van der Waals surface area contributed by atoms with Crippen molar-refractivity contribution in [1.82, 2.24) is 9.78 Å². The van der Waals surface area contributed by atoms with Gasteiger partial charge in [-0.1, -0.05) is 50.2 Å². The van der Waals surface area contributed by atoms with Gasteiger partial charge >= 0.3 is 0 Å². The number of fused-ring (bicyclic) bond motifs is 3. The van der Waals surface area contributed by atoms with Crippen molar-refractivity contribution in [1.29, 1.82) is 0 Å². The molecule has 0 bridgehead atoms. The molecule has 21 heavy (non-hydrogen) atoms. The maximum Gasteiger partial charge on any atom is 0.122 e. The number of oxime groups is 1. The van der Waals surface area contributed by atoms with Crippen molar-refractivity contribution in [2.45, 2.75) is 33.1 Å². The van der Waals surface area contributed by atoms with Gasteiger partial charge in [-0.05, 0) is 6.92 Å². The molecule has 1 aliphatic rings. The minimum absolute atomic E-state index is 0.0413. The lowest BCUT2D eigenvalue weighted by atomic mass is 9.88. The summed E-state index contributed by atoms with van der Waals surface area (Å²) >= 11 is 0. The molecule has 0 radical (unpaired) electrons. The van der Waals surface area contributed by atoms with Crippen molar-refractivity contribution in [2.24, 2.45) is 12.2 Å². The molecule has 0 saturated carbocycles. The summed E-state index contributed by atoms with van der Waals surface area (Å²) in [7, 11) is 1.99.